The summed E-state index contributed by atoms with van der Waals surface area (Å²) < 4.78 is 21.8. The van der Waals surface area contributed by atoms with Gasteiger partial charge in [0.25, 0.3) is 0 Å². The molecule has 1 heterocycles. The van der Waals surface area contributed by atoms with Crippen LogP contribution >= 0.6 is 12.4 Å². The molecule has 1 fully saturated rings. The second kappa shape index (κ2) is 5.01. The average Bonchev–Trinajstić information content (AvgIpc) is 1.94. The Morgan fingerprint density at radius 3 is 2.17 bits per heavy atom. The van der Waals surface area contributed by atoms with Gasteiger partial charge in [-0.15, -0.1) is 12.4 Å². The Bertz CT molecular complexity index is 203. The summed E-state index contributed by atoms with van der Waals surface area (Å²) in [5, 5.41) is 8.56. The zero-order valence-corrected chi connectivity index (χ0v) is 8.40. The fraction of sp³-hybridized carbons (Fsp3) is 1.00. The molecule has 0 radical (unpaired) electrons. The van der Waals surface area contributed by atoms with Crippen molar-refractivity contribution in [2.75, 3.05) is 37.7 Å². The Balaban J connectivity index is 0.00000121. The lowest BCUT2D eigenvalue weighted by atomic mass is 10.5. The van der Waals surface area contributed by atoms with Gasteiger partial charge in [-0.1, -0.05) is 0 Å². The number of aliphatic hydroxyl groups excluding tert-OH is 1. The molecule has 0 aliphatic carbocycles. The first-order chi connectivity index (χ1) is 5.14. The minimum absolute atomic E-state index is 0. The van der Waals surface area contributed by atoms with Crippen LogP contribution in [0.15, 0.2) is 0 Å². The van der Waals surface area contributed by atoms with Crippen LogP contribution in [0.5, 0.6) is 0 Å². The first kappa shape index (κ1) is 12.2. The lowest BCUT2D eigenvalue weighted by Crippen LogP contribution is -2.41. The summed E-state index contributed by atoms with van der Waals surface area (Å²) in [5.74, 6) is 0.486. The molecule has 1 aliphatic heterocycles. The van der Waals surface area contributed by atoms with E-state index in [9.17, 15) is 8.42 Å². The van der Waals surface area contributed by atoms with Crippen LogP contribution in [0.3, 0.4) is 0 Å². The van der Waals surface area contributed by atoms with Crippen molar-refractivity contribution in [2.45, 2.75) is 0 Å². The van der Waals surface area contributed by atoms with Crippen molar-refractivity contribution >= 4 is 22.2 Å². The van der Waals surface area contributed by atoms with Gasteiger partial charge in [-0.25, -0.2) is 8.42 Å². The third-order valence-corrected chi connectivity index (χ3v) is 3.46. The fourth-order valence-electron chi connectivity index (χ4n) is 1.12. The van der Waals surface area contributed by atoms with E-state index in [0.717, 1.165) is 0 Å². The van der Waals surface area contributed by atoms with E-state index in [2.05, 4.69) is 0 Å². The van der Waals surface area contributed by atoms with Crippen molar-refractivity contribution in [3.8, 4) is 0 Å². The van der Waals surface area contributed by atoms with Crippen LogP contribution in [0, 0.1) is 0 Å². The molecule has 1 rings (SSSR count). The molecule has 0 spiro atoms. The van der Waals surface area contributed by atoms with Crippen molar-refractivity contribution in [3.63, 3.8) is 0 Å². The molecule has 0 atom stereocenters. The van der Waals surface area contributed by atoms with Gasteiger partial charge in [-0.05, 0) is 0 Å². The highest BCUT2D eigenvalue weighted by molar-refractivity contribution is 7.91. The monoisotopic (exact) mass is 215 g/mol. The Kier molecular flexibility index (Phi) is 5.08. The minimum atomic E-state index is -2.76. The molecule has 12 heavy (non-hydrogen) atoms. The SMILES string of the molecule is Cl.O=S1(=O)CCN(CCO)CC1. The Labute approximate surface area is 78.9 Å². The summed E-state index contributed by atoms with van der Waals surface area (Å²) in [4.78, 5) is 1.96. The first-order valence-electron chi connectivity index (χ1n) is 3.68. The highest BCUT2D eigenvalue weighted by Crippen LogP contribution is 2.02. The summed E-state index contributed by atoms with van der Waals surface area (Å²) in [6, 6.07) is 0. The maximum Gasteiger partial charge on any atom is 0.152 e. The lowest BCUT2D eigenvalue weighted by Gasteiger charge is -2.25. The van der Waals surface area contributed by atoms with Gasteiger partial charge in [0.05, 0.1) is 18.1 Å². The first-order valence-corrected chi connectivity index (χ1v) is 5.50. The van der Waals surface area contributed by atoms with Gasteiger partial charge in [0.2, 0.25) is 0 Å². The molecular weight excluding hydrogens is 202 g/mol. The molecule has 1 aliphatic rings. The van der Waals surface area contributed by atoms with Crippen molar-refractivity contribution in [1.29, 1.82) is 0 Å². The summed E-state index contributed by atoms with van der Waals surface area (Å²) in [6.07, 6.45) is 0. The van der Waals surface area contributed by atoms with Gasteiger partial charge >= 0.3 is 0 Å². The predicted octanol–water partition coefficient (Wildman–Crippen LogP) is -0.869. The molecule has 0 aromatic heterocycles. The molecule has 0 amide bonds. The molecule has 4 nitrogen and oxygen atoms in total. The van der Waals surface area contributed by atoms with E-state index in [4.69, 9.17) is 5.11 Å². The van der Waals surface area contributed by atoms with Crippen LogP contribution in [-0.2, 0) is 9.84 Å². The highest BCUT2D eigenvalue weighted by atomic mass is 35.5. The maximum absolute atomic E-state index is 10.9. The number of nitrogens with zero attached hydrogens (tertiary/aromatic N) is 1. The summed E-state index contributed by atoms with van der Waals surface area (Å²) in [6.45, 7) is 1.85. The Morgan fingerprint density at radius 1 is 1.25 bits per heavy atom. The van der Waals surface area contributed by atoms with Gasteiger partial charge in [-0.2, -0.15) is 0 Å². The normalized spacial score (nSPS) is 23.1. The second-order valence-electron chi connectivity index (χ2n) is 2.72. The summed E-state index contributed by atoms with van der Waals surface area (Å²) in [7, 11) is -2.76. The van der Waals surface area contributed by atoms with Gasteiger partial charge < -0.3 is 5.11 Å². The number of aliphatic hydroxyl groups is 1. The molecule has 6 heteroatoms. The van der Waals surface area contributed by atoms with Crippen molar-refractivity contribution < 1.29 is 13.5 Å². The second-order valence-corrected chi connectivity index (χ2v) is 5.02. The molecule has 1 saturated heterocycles. The standard InChI is InChI=1S/C6H13NO3S.ClH/c8-4-1-7-2-5-11(9,10)6-3-7;/h8H,1-6H2;1H. The Hall–Kier alpha value is 0.160. The number of β-amino-alcohol motifs (C(OH)–C–C–N with tert-alkyl or cyclic N) is 1. The summed E-state index contributed by atoms with van der Waals surface area (Å²) >= 11 is 0. The third-order valence-electron chi connectivity index (χ3n) is 1.85. The molecular formula is C6H14ClNO3S. The lowest BCUT2D eigenvalue weighted by molar-refractivity contribution is 0.205. The van der Waals surface area contributed by atoms with E-state index in [-0.39, 0.29) is 30.5 Å². The van der Waals surface area contributed by atoms with Crippen molar-refractivity contribution in [2.24, 2.45) is 0 Å². The molecule has 0 bridgehead atoms. The highest BCUT2D eigenvalue weighted by Gasteiger charge is 2.20. The molecule has 1 N–H and O–H groups in total. The molecule has 0 saturated carbocycles. The quantitative estimate of drug-likeness (QED) is 0.651. The molecule has 0 unspecified atom stereocenters. The number of rotatable bonds is 2. The van der Waals surface area contributed by atoms with E-state index in [0.29, 0.717) is 19.6 Å². The number of hydrogen-bond acceptors (Lipinski definition) is 4. The van der Waals surface area contributed by atoms with Crippen LogP contribution in [0.4, 0.5) is 0 Å². The molecule has 0 aromatic rings. The number of halogens is 1. The van der Waals surface area contributed by atoms with Gasteiger partial charge in [0, 0.05) is 19.6 Å². The molecule has 74 valence electrons. The van der Waals surface area contributed by atoms with Crippen LogP contribution in [-0.4, -0.2) is 56.2 Å². The maximum atomic E-state index is 10.9. The predicted molar refractivity (Wildman–Crippen MR) is 49.4 cm³/mol. The zero-order chi connectivity index (χ0) is 8.32. The van der Waals surface area contributed by atoms with E-state index in [1.807, 2.05) is 4.90 Å². The van der Waals surface area contributed by atoms with Gasteiger partial charge in [0.15, 0.2) is 9.84 Å². The zero-order valence-electron chi connectivity index (χ0n) is 6.77. The largest absolute Gasteiger partial charge is 0.395 e. The fourth-order valence-corrected chi connectivity index (χ4v) is 2.39. The molecule has 0 aromatic carbocycles. The van der Waals surface area contributed by atoms with Gasteiger partial charge in [-0.3, -0.25) is 4.90 Å². The van der Waals surface area contributed by atoms with Crippen LogP contribution in [0.25, 0.3) is 0 Å². The Morgan fingerprint density at radius 2 is 1.75 bits per heavy atom. The van der Waals surface area contributed by atoms with Crippen molar-refractivity contribution in [1.82, 2.24) is 4.90 Å². The summed E-state index contributed by atoms with van der Waals surface area (Å²) in [5.41, 5.74) is 0. The topological polar surface area (TPSA) is 57.6 Å². The minimum Gasteiger partial charge on any atom is -0.395 e. The van der Waals surface area contributed by atoms with E-state index < -0.39 is 9.84 Å². The van der Waals surface area contributed by atoms with Crippen LogP contribution < -0.4 is 0 Å². The van der Waals surface area contributed by atoms with E-state index >= 15 is 0 Å². The smallest absolute Gasteiger partial charge is 0.152 e. The van der Waals surface area contributed by atoms with E-state index in [1.54, 1.807) is 0 Å². The third kappa shape index (κ3) is 3.71. The van der Waals surface area contributed by atoms with Crippen molar-refractivity contribution in [3.05, 3.63) is 0 Å². The average molecular weight is 216 g/mol. The number of hydrogen-bond donors (Lipinski definition) is 1. The van der Waals surface area contributed by atoms with Crippen LogP contribution in [0.1, 0.15) is 0 Å². The van der Waals surface area contributed by atoms with Gasteiger partial charge in [0.1, 0.15) is 0 Å². The van der Waals surface area contributed by atoms with E-state index in [1.165, 1.54) is 0 Å². The number of sulfone groups is 1. The van der Waals surface area contributed by atoms with Crippen LogP contribution in [0.2, 0.25) is 0 Å².